The molecule has 0 spiro atoms. The van der Waals surface area contributed by atoms with Crippen molar-refractivity contribution in [1.29, 1.82) is 5.26 Å². The Morgan fingerprint density at radius 2 is 2.04 bits per heavy atom. The number of carbonyl (C=O) groups is 1. The Morgan fingerprint density at radius 1 is 1.33 bits per heavy atom. The standard InChI is InChI=1S/C17H18BrN3OS2/c1-16(2)7-9-10(8-19)15(24-13(9)17(3,4)21-16)20-14(22)11-5-6-12(18)23-11/h5-6,21H,7H2,1-4H3,(H,20,22). The highest BCUT2D eigenvalue weighted by molar-refractivity contribution is 9.11. The quantitative estimate of drug-likeness (QED) is 0.724. The zero-order valence-corrected chi connectivity index (χ0v) is 17.1. The highest BCUT2D eigenvalue weighted by atomic mass is 79.9. The van der Waals surface area contributed by atoms with Crippen LogP contribution >= 0.6 is 38.6 Å². The molecule has 0 saturated carbocycles. The van der Waals surface area contributed by atoms with E-state index in [1.165, 1.54) is 22.7 Å². The molecule has 0 saturated heterocycles. The molecule has 2 aromatic rings. The van der Waals surface area contributed by atoms with Crippen molar-refractivity contribution in [2.24, 2.45) is 0 Å². The molecule has 1 aliphatic rings. The molecule has 0 bridgehead atoms. The second kappa shape index (κ2) is 5.95. The number of nitriles is 1. The number of nitrogens with zero attached hydrogens (tertiary/aromatic N) is 1. The number of hydrogen-bond acceptors (Lipinski definition) is 5. The van der Waals surface area contributed by atoms with Crippen LogP contribution in [0.1, 0.15) is 53.4 Å². The minimum absolute atomic E-state index is 0.0942. The van der Waals surface area contributed by atoms with Gasteiger partial charge in [0.1, 0.15) is 11.1 Å². The normalized spacial score (nSPS) is 17.8. The lowest BCUT2D eigenvalue weighted by Gasteiger charge is -2.42. The van der Waals surface area contributed by atoms with Crippen molar-refractivity contribution in [1.82, 2.24) is 5.32 Å². The van der Waals surface area contributed by atoms with Crippen LogP contribution in [0.25, 0.3) is 0 Å². The molecular weight excluding hydrogens is 406 g/mol. The number of halogens is 1. The summed E-state index contributed by atoms with van der Waals surface area (Å²) in [6, 6.07) is 5.93. The molecule has 1 amide bonds. The van der Waals surface area contributed by atoms with E-state index in [1.807, 2.05) is 6.07 Å². The largest absolute Gasteiger partial charge is 0.312 e. The van der Waals surface area contributed by atoms with Gasteiger partial charge in [0.25, 0.3) is 5.91 Å². The minimum atomic E-state index is -0.234. The maximum Gasteiger partial charge on any atom is 0.266 e. The van der Waals surface area contributed by atoms with Gasteiger partial charge in [0.05, 0.1) is 14.2 Å². The first-order valence-corrected chi connectivity index (χ1v) is 9.98. The Morgan fingerprint density at radius 3 is 2.62 bits per heavy atom. The van der Waals surface area contributed by atoms with Gasteiger partial charge in [-0.2, -0.15) is 5.26 Å². The van der Waals surface area contributed by atoms with E-state index in [0.717, 1.165) is 20.6 Å². The molecule has 3 heterocycles. The van der Waals surface area contributed by atoms with Crippen molar-refractivity contribution in [3.05, 3.63) is 36.8 Å². The summed E-state index contributed by atoms with van der Waals surface area (Å²) in [4.78, 5) is 14.2. The van der Waals surface area contributed by atoms with Crippen molar-refractivity contribution in [3.63, 3.8) is 0 Å². The van der Waals surface area contributed by atoms with Gasteiger partial charge < -0.3 is 10.6 Å². The zero-order valence-electron chi connectivity index (χ0n) is 13.9. The second-order valence-corrected chi connectivity index (χ2v) is 10.6. The summed E-state index contributed by atoms with van der Waals surface area (Å²) in [7, 11) is 0. The van der Waals surface area contributed by atoms with Crippen molar-refractivity contribution < 1.29 is 4.79 Å². The van der Waals surface area contributed by atoms with Gasteiger partial charge >= 0.3 is 0 Å². The van der Waals surface area contributed by atoms with Gasteiger partial charge in [-0.15, -0.1) is 22.7 Å². The molecule has 0 radical (unpaired) electrons. The van der Waals surface area contributed by atoms with Gasteiger partial charge in [-0.3, -0.25) is 4.79 Å². The van der Waals surface area contributed by atoms with Crippen LogP contribution in [-0.2, 0) is 12.0 Å². The van der Waals surface area contributed by atoms with Crippen LogP contribution in [0, 0.1) is 11.3 Å². The lowest BCUT2D eigenvalue weighted by atomic mass is 9.81. The van der Waals surface area contributed by atoms with Crippen LogP contribution in [0.5, 0.6) is 0 Å². The van der Waals surface area contributed by atoms with Crippen molar-refractivity contribution in [2.45, 2.75) is 45.2 Å². The smallest absolute Gasteiger partial charge is 0.266 e. The van der Waals surface area contributed by atoms with Gasteiger partial charge in [-0.05, 0) is 67.7 Å². The summed E-state index contributed by atoms with van der Waals surface area (Å²) < 4.78 is 0.908. The molecule has 126 valence electrons. The molecule has 2 aromatic heterocycles. The van der Waals surface area contributed by atoms with Crippen LogP contribution in [0.15, 0.2) is 15.9 Å². The first kappa shape index (κ1) is 17.6. The second-order valence-electron chi connectivity index (χ2n) is 7.09. The van der Waals surface area contributed by atoms with E-state index in [0.29, 0.717) is 15.4 Å². The molecule has 0 fully saturated rings. The number of hydrogen-bond donors (Lipinski definition) is 2. The number of nitrogens with one attached hydrogen (secondary N) is 2. The van der Waals surface area contributed by atoms with E-state index in [2.05, 4.69) is 60.3 Å². The van der Waals surface area contributed by atoms with Gasteiger partial charge in [0.15, 0.2) is 0 Å². The highest BCUT2D eigenvalue weighted by Gasteiger charge is 2.40. The van der Waals surface area contributed by atoms with Crippen LogP contribution in [0.3, 0.4) is 0 Å². The molecule has 0 aromatic carbocycles. The summed E-state index contributed by atoms with van der Waals surface area (Å²) in [5.74, 6) is -0.175. The summed E-state index contributed by atoms with van der Waals surface area (Å²) >= 11 is 6.25. The molecule has 2 N–H and O–H groups in total. The van der Waals surface area contributed by atoms with Crippen LogP contribution in [0.2, 0.25) is 0 Å². The van der Waals surface area contributed by atoms with Gasteiger partial charge in [0, 0.05) is 16.0 Å². The first-order chi connectivity index (χ1) is 11.1. The number of anilines is 1. The van der Waals surface area contributed by atoms with E-state index in [9.17, 15) is 10.1 Å². The van der Waals surface area contributed by atoms with Crippen LogP contribution in [0.4, 0.5) is 5.00 Å². The Balaban J connectivity index is 2.01. The fraction of sp³-hybridized carbons (Fsp3) is 0.412. The third kappa shape index (κ3) is 3.16. The molecule has 7 heteroatoms. The molecule has 24 heavy (non-hydrogen) atoms. The number of carbonyl (C=O) groups excluding carboxylic acids is 1. The summed E-state index contributed by atoms with van der Waals surface area (Å²) in [5.41, 5.74) is 1.33. The van der Waals surface area contributed by atoms with E-state index >= 15 is 0 Å². The highest BCUT2D eigenvalue weighted by Crippen LogP contribution is 2.44. The van der Waals surface area contributed by atoms with Gasteiger partial charge in [-0.25, -0.2) is 0 Å². The summed E-state index contributed by atoms with van der Waals surface area (Å²) in [6.07, 6.45) is 0.769. The molecule has 0 unspecified atom stereocenters. The molecule has 4 nitrogen and oxygen atoms in total. The fourth-order valence-corrected chi connectivity index (χ4v) is 5.84. The molecular formula is C17H18BrN3OS2. The van der Waals surface area contributed by atoms with E-state index < -0.39 is 0 Å². The molecule has 0 atom stereocenters. The summed E-state index contributed by atoms with van der Waals surface area (Å²) in [5, 5.41) is 16.9. The molecule has 0 aliphatic carbocycles. The van der Waals surface area contributed by atoms with Crippen LogP contribution in [-0.4, -0.2) is 11.4 Å². The fourth-order valence-electron chi connectivity index (χ4n) is 3.33. The van der Waals surface area contributed by atoms with E-state index in [1.54, 1.807) is 6.07 Å². The van der Waals surface area contributed by atoms with Gasteiger partial charge in [0.2, 0.25) is 0 Å². The lowest BCUT2D eigenvalue weighted by Crippen LogP contribution is -2.54. The topological polar surface area (TPSA) is 64.9 Å². The number of amides is 1. The SMILES string of the molecule is CC1(C)Cc2c(sc(NC(=O)c3ccc(Br)s3)c2C#N)C(C)(C)N1. The maximum atomic E-state index is 12.5. The predicted octanol–water partition coefficient (Wildman–Crippen LogP) is 4.86. The van der Waals surface area contributed by atoms with Crippen molar-refractivity contribution in [3.8, 4) is 6.07 Å². The monoisotopic (exact) mass is 423 g/mol. The maximum absolute atomic E-state index is 12.5. The minimum Gasteiger partial charge on any atom is -0.312 e. The molecule has 3 rings (SSSR count). The van der Waals surface area contributed by atoms with Crippen LogP contribution < -0.4 is 10.6 Å². The van der Waals surface area contributed by atoms with Crippen molar-refractivity contribution >= 4 is 49.5 Å². The third-order valence-electron chi connectivity index (χ3n) is 3.98. The Bertz CT molecular complexity index is 858. The Hall–Kier alpha value is -1.20. The number of fused-ring (bicyclic) bond motifs is 1. The summed E-state index contributed by atoms with van der Waals surface area (Å²) in [6.45, 7) is 8.51. The number of thiophene rings is 2. The zero-order chi connectivity index (χ0) is 17.7. The molecule has 1 aliphatic heterocycles. The Kier molecular flexibility index (Phi) is 4.37. The van der Waals surface area contributed by atoms with E-state index in [4.69, 9.17) is 0 Å². The Labute approximate surface area is 158 Å². The average Bonchev–Trinajstić information content (AvgIpc) is 3.01. The average molecular weight is 424 g/mol. The first-order valence-electron chi connectivity index (χ1n) is 7.55. The predicted molar refractivity (Wildman–Crippen MR) is 103 cm³/mol. The van der Waals surface area contributed by atoms with Crippen molar-refractivity contribution in [2.75, 3.05) is 5.32 Å². The van der Waals surface area contributed by atoms with Gasteiger partial charge in [-0.1, -0.05) is 0 Å². The number of rotatable bonds is 2. The van der Waals surface area contributed by atoms with E-state index in [-0.39, 0.29) is 17.0 Å². The lowest BCUT2D eigenvalue weighted by molar-refractivity contribution is 0.103. The third-order valence-corrected chi connectivity index (χ3v) is 7.07.